The molecule has 2 heteroatoms. The van der Waals surface area contributed by atoms with Crippen molar-refractivity contribution in [3.63, 3.8) is 0 Å². The maximum Gasteiger partial charge on any atom is 0.0277 e. The molecule has 3 atom stereocenters. The zero-order chi connectivity index (χ0) is 10.2. The van der Waals surface area contributed by atoms with Crippen molar-refractivity contribution in [2.75, 3.05) is 0 Å². The Morgan fingerprint density at radius 3 is 2.15 bits per heavy atom. The average molecular weight is 204 g/mol. The second-order valence-electron chi connectivity index (χ2n) is 5.44. The molecule has 0 saturated heterocycles. The quantitative estimate of drug-likeness (QED) is 0.693. The van der Waals surface area contributed by atoms with Gasteiger partial charge in [-0.15, -0.1) is 0 Å². The molecule has 0 radical (unpaired) electrons. The Bertz CT molecular complexity index is 177. The maximum atomic E-state index is 5.80. The van der Waals surface area contributed by atoms with Crippen LogP contribution in [0.3, 0.4) is 0 Å². The van der Waals surface area contributed by atoms with Gasteiger partial charge in [-0.1, -0.05) is 34.6 Å². The van der Waals surface area contributed by atoms with Gasteiger partial charge in [-0.2, -0.15) is 0 Å². The van der Waals surface area contributed by atoms with Crippen LogP contribution in [0.25, 0.3) is 0 Å². The second kappa shape index (κ2) is 3.78. The van der Waals surface area contributed by atoms with Gasteiger partial charge in [-0.3, -0.25) is 0 Å². The topological polar surface area (TPSA) is 12.0 Å². The van der Waals surface area contributed by atoms with Crippen LogP contribution in [-0.2, 0) is 0 Å². The van der Waals surface area contributed by atoms with Gasteiger partial charge in [0, 0.05) is 6.04 Å². The van der Waals surface area contributed by atoms with Crippen LogP contribution in [0.5, 0.6) is 0 Å². The van der Waals surface area contributed by atoms with Crippen LogP contribution in [-0.4, -0.2) is 6.04 Å². The van der Waals surface area contributed by atoms with E-state index >= 15 is 0 Å². The van der Waals surface area contributed by atoms with E-state index in [0.29, 0.717) is 17.4 Å². The smallest absolute Gasteiger partial charge is 0.0277 e. The lowest BCUT2D eigenvalue weighted by Crippen LogP contribution is -2.53. The van der Waals surface area contributed by atoms with E-state index < -0.39 is 0 Å². The van der Waals surface area contributed by atoms with Crippen LogP contribution in [0.4, 0.5) is 0 Å². The van der Waals surface area contributed by atoms with Crippen LogP contribution in [0.15, 0.2) is 0 Å². The van der Waals surface area contributed by atoms with Crippen LogP contribution in [0, 0.1) is 23.2 Å². The standard InChI is InChI=1S/C11H22ClN/c1-7(2)10(13-12)9-6-8(3)11(9,4)5/h7-10,13H,6H2,1-5H3/t8-,9-,10-/m1/s1. The Morgan fingerprint density at radius 1 is 1.38 bits per heavy atom. The minimum absolute atomic E-state index is 0.455. The van der Waals surface area contributed by atoms with Gasteiger partial charge in [0.05, 0.1) is 0 Å². The van der Waals surface area contributed by atoms with E-state index in [1.54, 1.807) is 0 Å². The molecular formula is C11H22ClN. The molecule has 0 heterocycles. The fourth-order valence-electron chi connectivity index (χ4n) is 2.47. The third-order valence-corrected chi connectivity index (χ3v) is 4.36. The van der Waals surface area contributed by atoms with E-state index in [1.807, 2.05) is 0 Å². The Hall–Kier alpha value is 0.250. The highest BCUT2D eigenvalue weighted by Gasteiger charge is 2.49. The first-order valence-corrected chi connectivity index (χ1v) is 5.65. The molecule has 0 unspecified atom stereocenters. The van der Waals surface area contributed by atoms with E-state index in [1.165, 1.54) is 6.42 Å². The summed E-state index contributed by atoms with van der Waals surface area (Å²) in [6, 6.07) is 0.466. The molecule has 1 aliphatic carbocycles. The minimum atomic E-state index is 0.455. The lowest BCUT2D eigenvalue weighted by Gasteiger charge is -2.54. The molecule has 0 aromatic rings. The van der Waals surface area contributed by atoms with Crippen molar-refractivity contribution in [2.45, 2.75) is 47.1 Å². The first-order valence-electron chi connectivity index (χ1n) is 5.27. The Balaban J connectivity index is 2.63. The van der Waals surface area contributed by atoms with Crippen molar-refractivity contribution in [1.29, 1.82) is 0 Å². The van der Waals surface area contributed by atoms with Crippen molar-refractivity contribution in [2.24, 2.45) is 23.2 Å². The molecule has 0 aromatic heterocycles. The first-order chi connectivity index (χ1) is 5.91. The third-order valence-electron chi connectivity index (χ3n) is 4.11. The highest BCUT2D eigenvalue weighted by Crippen LogP contribution is 2.53. The molecule has 13 heavy (non-hydrogen) atoms. The van der Waals surface area contributed by atoms with Crippen molar-refractivity contribution in [3.05, 3.63) is 0 Å². The molecule has 78 valence electrons. The summed E-state index contributed by atoms with van der Waals surface area (Å²) in [5.41, 5.74) is 0.455. The molecule has 0 bridgehead atoms. The number of halogens is 1. The molecule has 1 rings (SSSR count). The van der Waals surface area contributed by atoms with Crippen LogP contribution >= 0.6 is 11.8 Å². The van der Waals surface area contributed by atoms with E-state index in [2.05, 4.69) is 39.5 Å². The molecule has 0 aliphatic heterocycles. The van der Waals surface area contributed by atoms with Crippen molar-refractivity contribution < 1.29 is 0 Å². The molecule has 1 fully saturated rings. The molecule has 0 spiro atoms. The van der Waals surface area contributed by atoms with Crippen molar-refractivity contribution >= 4 is 11.8 Å². The zero-order valence-corrected chi connectivity index (χ0v) is 10.2. The average Bonchev–Trinajstić information content (AvgIpc) is 2.04. The normalized spacial score (nSPS) is 34.4. The summed E-state index contributed by atoms with van der Waals surface area (Å²) in [5.74, 6) is 2.19. The molecular weight excluding hydrogens is 182 g/mol. The number of hydrogen-bond acceptors (Lipinski definition) is 1. The molecule has 1 saturated carbocycles. The van der Waals surface area contributed by atoms with E-state index in [0.717, 1.165) is 11.8 Å². The van der Waals surface area contributed by atoms with Gasteiger partial charge in [0.2, 0.25) is 0 Å². The van der Waals surface area contributed by atoms with Gasteiger partial charge in [0.15, 0.2) is 0 Å². The molecule has 1 nitrogen and oxygen atoms in total. The van der Waals surface area contributed by atoms with Crippen LogP contribution < -0.4 is 4.84 Å². The molecule has 1 N–H and O–H groups in total. The summed E-state index contributed by atoms with van der Waals surface area (Å²) < 4.78 is 0. The second-order valence-corrected chi connectivity index (χ2v) is 5.66. The van der Waals surface area contributed by atoms with E-state index in [-0.39, 0.29) is 0 Å². The van der Waals surface area contributed by atoms with Gasteiger partial charge in [0.25, 0.3) is 0 Å². The minimum Gasteiger partial charge on any atom is -0.230 e. The maximum absolute atomic E-state index is 5.80. The summed E-state index contributed by atoms with van der Waals surface area (Å²) in [7, 11) is 0. The van der Waals surface area contributed by atoms with Gasteiger partial charge in [0.1, 0.15) is 0 Å². The summed E-state index contributed by atoms with van der Waals surface area (Å²) in [6.45, 7) is 11.5. The molecule has 1 aliphatic rings. The highest BCUT2D eigenvalue weighted by molar-refractivity contribution is 6.13. The highest BCUT2D eigenvalue weighted by atomic mass is 35.5. The molecule has 0 aromatic carbocycles. The van der Waals surface area contributed by atoms with E-state index in [4.69, 9.17) is 11.8 Å². The summed E-state index contributed by atoms with van der Waals surface area (Å²) >= 11 is 5.80. The van der Waals surface area contributed by atoms with Gasteiger partial charge < -0.3 is 0 Å². The lowest BCUT2D eigenvalue weighted by molar-refractivity contribution is -0.0374. The fraction of sp³-hybridized carbons (Fsp3) is 1.00. The fourth-order valence-corrected chi connectivity index (χ4v) is 2.87. The Kier molecular flexibility index (Phi) is 3.29. The largest absolute Gasteiger partial charge is 0.230 e. The van der Waals surface area contributed by atoms with Gasteiger partial charge >= 0.3 is 0 Å². The predicted molar refractivity (Wildman–Crippen MR) is 58.7 cm³/mol. The third kappa shape index (κ3) is 1.87. The van der Waals surface area contributed by atoms with Gasteiger partial charge in [-0.05, 0) is 41.4 Å². The Labute approximate surface area is 87.3 Å². The van der Waals surface area contributed by atoms with Crippen LogP contribution in [0.1, 0.15) is 41.0 Å². The van der Waals surface area contributed by atoms with Gasteiger partial charge in [-0.25, -0.2) is 4.84 Å². The van der Waals surface area contributed by atoms with Crippen LogP contribution in [0.2, 0.25) is 0 Å². The summed E-state index contributed by atoms with van der Waals surface area (Å²) in [6.07, 6.45) is 1.32. The Morgan fingerprint density at radius 2 is 1.92 bits per heavy atom. The first kappa shape index (κ1) is 11.3. The van der Waals surface area contributed by atoms with E-state index in [9.17, 15) is 0 Å². The number of hydrogen-bond donors (Lipinski definition) is 1. The predicted octanol–water partition coefficient (Wildman–Crippen LogP) is 3.44. The van der Waals surface area contributed by atoms with Crippen molar-refractivity contribution in [1.82, 2.24) is 4.84 Å². The number of nitrogens with one attached hydrogen (secondary N) is 1. The summed E-state index contributed by atoms with van der Waals surface area (Å²) in [4.78, 5) is 2.95. The summed E-state index contributed by atoms with van der Waals surface area (Å²) in [5, 5.41) is 0. The number of rotatable bonds is 3. The SMILES string of the molecule is CC(C)[C@@H](NCl)[C@H]1C[C@@H](C)C1(C)C. The monoisotopic (exact) mass is 203 g/mol. The zero-order valence-electron chi connectivity index (χ0n) is 9.39. The van der Waals surface area contributed by atoms with Crippen molar-refractivity contribution in [3.8, 4) is 0 Å². The molecule has 0 amide bonds. The lowest BCUT2D eigenvalue weighted by atomic mass is 9.52.